The second kappa shape index (κ2) is 7.61. The van der Waals surface area contributed by atoms with Crippen LogP contribution in [0.3, 0.4) is 0 Å². The van der Waals surface area contributed by atoms with Gasteiger partial charge in [-0.2, -0.15) is 12.6 Å². The molecule has 0 amide bonds. The number of carbonyl (C=O) groups excluding carboxylic acids is 1. The van der Waals surface area contributed by atoms with Crippen LogP contribution in [0.25, 0.3) is 0 Å². The molecule has 1 aliphatic rings. The average molecular weight is 293 g/mol. The minimum Gasteiger partial charge on any atom is -0.369 e. The van der Waals surface area contributed by atoms with Crippen LogP contribution in [-0.4, -0.2) is 51.9 Å². The Morgan fingerprint density at radius 1 is 1.22 bits per heavy atom. The minimum absolute atomic E-state index is 0.00532. The molecule has 1 saturated heterocycles. The number of thiol groups is 1. The van der Waals surface area contributed by atoms with Gasteiger partial charge in [-0.1, -0.05) is 0 Å². The van der Waals surface area contributed by atoms with Crippen molar-refractivity contribution in [3.8, 4) is 0 Å². The summed E-state index contributed by atoms with van der Waals surface area (Å²) in [4.78, 5) is 12.6. The summed E-state index contributed by atoms with van der Waals surface area (Å²) >= 11 is 4.44. The maximum Gasteiger partial charge on any atom is 0.576 e. The van der Waals surface area contributed by atoms with E-state index in [4.69, 9.17) is 13.3 Å². The van der Waals surface area contributed by atoms with E-state index in [1.54, 1.807) is 0 Å². The van der Waals surface area contributed by atoms with Crippen molar-refractivity contribution in [1.29, 1.82) is 0 Å². The SMILES string of the molecule is CCO[Si](OCC)(OCC)C(=O)[C@H]1NCCC1S. The van der Waals surface area contributed by atoms with E-state index in [9.17, 15) is 4.79 Å². The van der Waals surface area contributed by atoms with Gasteiger partial charge in [0.25, 0.3) is 0 Å². The quantitative estimate of drug-likeness (QED) is 0.512. The van der Waals surface area contributed by atoms with Crippen LogP contribution in [0.15, 0.2) is 0 Å². The Bertz CT molecular complexity index is 263. The monoisotopic (exact) mass is 293 g/mol. The molecule has 1 fully saturated rings. The fraction of sp³-hybridized carbons (Fsp3) is 0.909. The second-order valence-electron chi connectivity index (χ2n) is 4.01. The van der Waals surface area contributed by atoms with Crippen LogP contribution in [0.2, 0.25) is 0 Å². The summed E-state index contributed by atoms with van der Waals surface area (Å²) in [6.07, 6.45) is 0.869. The highest BCUT2D eigenvalue weighted by molar-refractivity contribution is 7.81. The zero-order valence-electron chi connectivity index (χ0n) is 11.3. The second-order valence-corrected chi connectivity index (χ2v) is 7.14. The molecular weight excluding hydrogens is 270 g/mol. The van der Waals surface area contributed by atoms with Crippen LogP contribution in [-0.2, 0) is 18.1 Å². The molecule has 1 heterocycles. The molecule has 0 saturated carbocycles. The van der Waals surface area contributed by atoms with Gasteiger partial charge in [-0.3, -0.25) is 4.79 Å². The third-order valence-corrected chi connectivity index (χ3v) is 6.25. The molecule has 7 heteroatoms. The molecule has 0 spiro atoms. The van der Waals surface area contributed by atoms with Gasteiger partial charge in [0.2, 0.25) is 5.41 Å². The normalized spacial score (nSPS) is 24.4. The number of carbonyl (C=O) groups is 1. The van der Waals surface area contributed by atoms with Gasteiger partial charge in [0.15, 0.2) is 0 Å². The van der Waals surface area contributed by atoms with Crippen LogP contribution >= 0.6 is 12.6 Å². The first kappa shape index (κ1) is 16.1. The van der Waals surface area contributed by atoms with E-state index < -0.39 is 8.80 Å². The van der Waals surface area contributed by atoms with Crippen molar-refractivity contribution in [2.45, 2.75) is 38.5 Å². The number of hydrogen-bond acceptors (Lipinski definition) is 6. The Labute approximate surface area is 115 Å². The van der Waals surface area contributed by atoms with Gasteiger partial charge in [0, 0.05) is 25.1 Å². The van der Waals surface area contributed by atoms with Crippen LogP contribution in [0.5, 0.6) is 0 Å². The third kappa shape index (κ3) is 3.55. The van der Waals surface area contributed by atoms with Crippen LogP contribution < -0.4 is 5.32 Å². The van der Waals surface area contributed by atoms with Gasteiger partial charge in [0.05, 0.1) is 6.04 Å². The molecule has 0 radical (unpaired) electrons. The number of rotatable bonds is 8. The Morgan fingerprint density at radius 3 is 2.06 bits per heavy atom. The standard InChI is InChI=1S/C11H23NO4SSi/c1-4-14-18(15-5-2,16-6-3)11(13)10-9(17)7-8-12-10/h9-10,12,17H,4-8H2,1-3H3/t9?,10-/m0/s1. The Morgan fingerprint density at radius 2 is 1.72 bits per heavy atom. The van der Waals surface area contributed by atoms with Crippen molar-refractivity contribution in [1.82, 2.24) is 5.32 Å². The first-order chi connectivity index (χ1) is 8.61. The molecule has 1 aliphatic heterocycles. The zero-order chi connectivity index (χ0) is 13.6. The van der Waals surface area contributed by atoms with Crippen LogP contribution in [0.1, 0.15) is 27.2 Å². The van der Waals surface area contributed by atoms with Gasteiger partial charge >= 0.3 is 8.80 Å². The van der Waals surface area contributed by atoms with Crippen molar-refractivity contribution in [3.05, 3.63) is 0 Å². The van der Waals surface area contributed by atoms with Gasteiger partial charge in [-0.05, 0) is 33.7 Å². The highest BCUT2D eigenvalue weighted by atomic mass is 32.1. The highest BCUT2D eigenvalue weighted by Crippen LogP contribution is 2.21. The summed E-state index contributed by atoms with van der Waals surface area (Å²) in [5.74, 6) is 0. The zero-order valence-corrected chi connectivity index (χ0v) is 13.2. The highest BCUT2D eigenvalue weighted by Gasteiger charge is 2.54. The maximum atomic E-state index is 12.6. The first-order valence-corrected chi connectivity index (χ1v) is 8.73. The lowest BCUT2D eigenvalue weighted by molar-refractivity contribution is -0.121. The van der Waals surface area contributed by atoms with Crippen molar-refractivity contribution in [2.24, 2.45) is 0 Å². The summed E-state index contributed by atoms with van der Waals surface area (Å²) in [5.41, 5.74) is 0. The third-order valence-electron chi connectivity index (χ3n) is 2.78. The fourth-order valence-electron chi connectivity index (χ4n) is 2.06. The summed E-state index contributed by atoms with van der Waals surface area (Å²) in [6, 6.07) is -0.329. The van der Waals surface area contributed by atoms with E-state index >= 15 is 0 Å². The minimum atomic E-state index is -3.26. The van der Waals surface area contributed by atoms with Crippen LogP contribution in [0.4, 0.5) is 0 Å². The molecule has 18 heavy (non-hydrogen) atoms. The Kier molecular flexibility index (Phi) is 6.82. The topological polar surface area (TPSA) is 56.8 Å². The summed E-state index contributed by atoms with van der Waals surface area (Å²) in [6.45, 7) is 7.53. The predicted molar refractivity (Wildman–Crippen MR) is 74.8 cm³/mol. The van der Waals surface area contributed by atoms with Gasteiger partial charge in [0.1, 0.15) is 0 Å². The largest absolute Gasteiger partial charge is 0.576 e. The molecule has 1 unspecified atom stereocenters. The van der Waals surface area contributed by atoms with Crippen molar-refractivity contribution < 1.29 is 18.1 Å². The van der Waals surface area contributed by atoms with Crippen LogP contribution in [0, 0.1) is 0 Å². The first-order valence-electron chi connectivity index (χ1n) is 6.48. The molecule has 1 rings (SSSR count). The molecule has 0 bridgehead atoms. The molecule has 0 aromatic heterocycles. The molecule has 2 atom stereocenters. The van der Waals surface area contributed by atoms with Gasteiger partial charge in [-0.25, -0.2) is 0 Å². The lowest BCUT2D eigenvalue weighted by atomic mass is 10.2. The molecule has 0 aliphatic carbocycles. The molecule has 0 aromatic carbocycles. The lowest BCUT2D eigenvalue weighted by Gasteiger charge is -2.29. The van der Waals surface area contributed by atoms with E-state index in [2.05, 4.69) is 17.9 Å². The molecular formula is C11H23NO4SSi. The van der Waals surface area contributed by atoms with Crippen molar-refractivity contribution in [3.63, 3.8) is 0 Å². The summed E-state index contributed by atoms with van der Waals surface area (Å²) < 4.78 is 16.8. The summed E-state index contributed by atoms with van der Waals surface area (Å²) in [7, 11) is -3.26. The van der Waals surface area contributed by atoms with Gasteiger partial charge < -0.3 is 18.6 Å². The average Bonchev–Trinajstić information content (AvgIpc) is 2.75. The lowest BCUT2D eigenvalue weighted by Crippen LogP contribution is -2.61. The van der Waals surface area contributed by atoms with E-state index in [0.29, 0.717) is 19.8 Å². The Hall–Kier alpha value is 0.0769. The molecule has 0 aromatic rings. The number of hydrogen-bond donors (Lipinski definition) is 2. The van der Waals surface area contributed by atoms with E-state index in [-0.39, 0.29) is 16.7 Å². The van der Waals surface area contributed by atoms with Crippen molar-refractivity contribution >= 4 is 26.8 Å². The summed E-state index contributed by atoms with van der Waals surface area (Å²) in [5, 5.41) is 3.07. The van der Waals surface area contributed by atoms with Gasteiger partial charge in [-0.15, -0.1) is 0 Å². The smallest absolute Gasteiger partial charge is 0.369 e. The maximum absolute atomic E-state index is 12.6. The molecule has 1 N–H and O–H groups in total. The molecule has 106 valence electrons. The van der Waals surface area contributed by atoms with E-state index in [0.717, 1.165) is 13.0 Å². The Balaban J connectivity index is 2.88. The van der Waals surface area contributed by atoms with Crippen molar-refractivity contribution in [2.75, 3.05) is 26.4 Å². The fourth-order valence-corrected chi connectivity index (χ4v) is 5.07. The number of nitrogens with one attached hydrogen (secondary N) is 1. The predicted octanol–water partition coefficient (Wildman–Crippen LogP) is 0.803. The van der Waals surface area contributed by atoms with E-state index in [1.807, 2.05) is 20.8 Å². The van der Waals surface area contributed by atoms with E-state index in [1.165, 1.54) is 0 Å². The molecule has 5 nitrogen and oxygen atoms in total.